The molecule has 92 valence electrons. The van der Waals surface area contributed by atoms with Gasteiger partial charge in [0.05, 0.1) is 12.8 Å². The van der Waals surface area contributed by atoms with Gasteiger partial charge in [-0.2, -0.15) is 4.37 Å². The molecule has 0 amide bonds. The van der Waals surface area contributed by atoms with Crippen molar-refractivity contribution < 1.29 is 9.53 Å². The van der Waals surface area contributed by atoms with Crippen molar-refractivity contribution in [3.05, 3.63) is 40.8 Å². The summed E-state index contributed by atoms with van der Waals surface area (Å²) < 4.78 is 9.29. The predicted octanol–water partition coefficient (Wildman–Crippen LogP) is 3.47. The third-order valence-electron chi connectivity index (χ3n) is 3.13. The minimum atomic E-state index is -0.267. The third-order valence-corrected chi connectivity index (χ3v) is 3.97. The van der Waals surface area contributed by atoms with Gasteiger partial charge in [0.25, 0.3) is 0 Å². The van der Waals surface area contributed by atoms with Gasteiger partial charge in [0.15, 0.2) is 0 Å². The molecule has 3 nitrogen and oxygen atoms in total. The Kier molecular flexibility index (Phi) is 2.88. The van der Waals surface area contributed by atoms with E-state index in [4.69, 9.17) is 4.74 Å². The highest BCUT2D eigenvalue weighted by molar-refractivity contribution is 7.08. The molecule has 4 heteroatoms. The van der Waals surface area contributed by atoms with Crippen molar-refractivity contribution in [2.24, 2.45) is 0 Å². The van der Waals surface area contributed by atoms with Crippen molar-refractivity contribution in [1.29, 1.82) is 0 Å². The van der Waals surface area contributed by atoms with Crippen molar-refractivity contribution in [2.75, 3.05) is 7.11 Å². The summed E-state index contributed by atoms with van der Waals surface area (Å²) in [7, 11) is 1.42. The first kappa shape index (κ1) is 11.4. The maximum Gasteiger partial charge on any atom is 0.349 e. The van der Waals surface area contributed by atoms with Crippen molar-refractivity contribution in [3.63, 3.8) is 0 Å². The number of carbonyl (C=O) groups excluding carboxylic acids is 1. The van der Waals surface area contributed by atoms with Gasteiger partial charge < -0.3 is 4.74 Å². The smallest absolute Gasteiger partial charge is 0.349 e. The summed E-state index contributed by atoms with van der Waals surface area (Å²) in [6.45, 7) is 0. The van der Waals surface area contributed by atoms with E-state index in [2.05, 4.69) is 4.37 Å². The van der Waals surface area contributed by atoms with Gasteiger partial charge in [-0.3, -0.25) is 0 Å². The molecule has 1 aromatic heterocycles. The van der Waals surface area contributed by atoms with Gasteiger partial charge in [0.2, 0.25) is 0 Å². The van der Waals surface area contributed by atoms with Crippen LogP contribution in [0.3, 0.4) is 0 Å². The fourth-order valence-electron chi connectivity index (χ4n) is 2.09. The molecule has 0 radical (unpaired) electrons. The quantitative estimate of drug-likeness (QED) is 0.792. The Morgan fingerprint density at radius 1 is 1.33 bits per heavy atom. The SMILES string of the molecule is COC(=O)c1snc(-c2ccccc2)c1C1CC1. The van der Waals surface area contributed by atoms with E-state index in [9.17, 15) is 4.79 Å². The normalized spacial score (nSPS) is 14.5. The van der Waals surface area contributed by atoms with E-state index >= 15 is 0 Å². The van der Waals surface area contributed by atoms with Crippen LogP contribution in [-0.2, 0) is 4.74 Å². The molecule has 1 heterocycles. The molecule has 1 saturated carbocycles. The average Bonchev–Trinajstić information content (AvgIpc) is 3.17. The van der Waals surface area contributed by atoms with Crippen LogP contribution < -0.4 is 0 Å². The molecular weight excluding hydrogens is 246 g/mol. The molecule has 0 spiro atoms. The number of hydrogen-bond acceptors (Lipinski definition) is 4. The van der Waals surface area contributed by atoms with Gasteiger partial charge in [0, 0.05) is 11.1 Å². The summed E-state index contributed by atoms with van der Waals surface area (Å²) in [6, 6.07) is 10.0. The Labute approximate surface area is 110 Å². The Hall–Kier alpha value is -1.68. The van der Waals surface area contributed by atoms with E-state index in [1.807, 2.05) is 30.3 Å². The number of nitrogens with zero attached hydrogens (tertiary/aromatic N) is 1. The molecule has 0 bridgehead atoms. The first-order valence-corrected chi connectivity index (χ1v) is 6.72. The third kappa shape index (κ3) is 1.93. The summed E-state index contributed by atoms with van der Waals surface area (Å²) in [5, 5.41) is 0. The van der Waals surface area contributed by atoms with Gasteiger partial charge in [-0.1, -0.05) is 30.3 Å². The van der Waals surface area contributed by atoms with Crippen LogP contribution in [0.15, 0.2) is 30.3 Å². The van der Waals surface area contributed by atoms with E-state index in [0.29, 0.717) is 10.8 Å². The van der Waals surface area contributed by atoms with Crippen LogP contribution in [-0.4, -0.2) is 17.5 Å². The Morgan fingerprint density at radius 2 is 2.06 bits per heavy atom. The molecule has 0 saturated heterocycles. The lowest BCUT2D eigenvalue weighted by Gasteiger charge is -2.03. The lowest BCUT2D eigenvalue weighted by molar-refractivity contribution is 0.0605. The molecular formula is C14H13NO2S. The molecule has 0 N–H and O–H groups in total. The van der Waals surface area contributed by atoms with Crippen LogP contribution in [0.4, 0.5) is 0 Å². The molecule has 1 aliphatic carbocycles. The highest BCUT2D eigenvalue weighted by atomic mass is 32.1. The fraction of sp³-hybridized carbons (Fsp3) is 0.286. The lowest BCUT2D eigenvalue weighted by atomic mass is 10.0. The molecule has 1 aliphatic rings. The van der Waals surface area contributed by atoms with Crippen LogP contribution in [0, 0.1) is 0 Å². The minimum Gasteiger partial charge on any atom is -0.465 e. The van der Waals surface area contributed by atoms with Crippen molar-refractivity contribution >= 4 is 17.5 Å². The topological polar surface area (TPSA) is 39.2 Å². The average molecular weight is 259 g/mol. The number of esters is 1. The number of methoxy groups -OCH3 is 1. The molecule has 1 fully saturated rings. The standard InChI is InChI=1S/C14H13NO2S/c1-17-14(16)13-11(9-7-8-9)12(15-18-13)10-5-3-2-4-6-10/h2-6,9H,7-8H2,1H3. The largest absolute Gasteiger partial charge is 0.465 e. The highest BCUT2D eigenvalue weighted by Gasteiger charge is 2.33. The molecule has 18 heavy (non-hydrogen) atoms. The Morgan fingerprint density at radius 3 is 2.67 bits per heavy atom. The van der Waals surface area contributed by atoms with E-state index in [1.165, 1.54) is 18.6 Å². The predicted molar refractivity (Wildman–Crippen MR) is 70.9 cm³/mol. The molecule has 3 rings (SSSR count). The lowest BCUT2D eigenvalue weighted by Crippen LogP contribution is -2.01. The van der Waals surface area contributed by atoms with Crippen molar-refractivity contribution in [2.45, 2.75) is 18.8 Å². The second-order valence-electron chi connectivity index (χ2n) is 4.41. The zero-order chi connectivity index (χ0) is 12.5. The second kappa shape index (κ2) is 4.53. The van der Waals surface area contributed by atoms with Gasteiger partial charge >= 0.3 is 5.97 Å². The molecule has 1 aromatic carbocycles. The summed E-state index contributed by atoms with van der Waals surface area (Å²) >= 11 is 1.25. The number of carbonyl (C=O) groups is 1. The first-order chi connectivity index (χ1) is 8.81. The highest BCUT2D eigenvalue weighted by Crippen LogP contribution is 2.47. The Balaban J connectivity index is 2.10. The van der Waals surface area contributed by atoms with Crippen LogP contribution in [0.5, 0.6) is 0 Å². The van der Waals surface area contributed by atoms with Crippen LogP contribution in [0.25, 0.3) is 11.3 Å². The minimum absolute atomic E-state index is 0.267. The number of hydrogen-bond donors (Lipinski definition) is 0. The number of ether oxygens (including phenoxy) is 1. The van der Waals surface area contributed by atoms with Crippen LogP contribution >= 0.6 is 11.5 Å². The molecule has 0 unspecified atom stereocenters. The summed E-state index contributed by atoms with van der Waals surface area (Å²) in [6.07, 6.45) is 2.28. The van der Waals surface area contributed by atoms with E-state index in [-0.39, 0.29) is 5.97 Å². The van der Waals surface area contributed by atoms with Crippen LogP contribution in [0.1, 0.15) is 34.0 Å². The van der Waals surface area contributed by atoms with E-state index in [0.717, 1.165) is 29.7 Å². The van der Waals surface area contributed by atoms with Gasteiger partial charge in [0.1, 0.15) is 4.88 Å². The maximum atomic E-state index is 11.8. The summed E-state index contributed by atoms with van der Waals surface area (Å²) in [4.78, 5) is 12.4. The number of benzene rings is 1. The second-order valence-corrected chi connectivity index (χ2v) is 5.18. The van der Waals surface area contributed by atoms with E-state index < -0.39 is 0 Å². The monoisotopic (exact) mass is 259 g/mol. The summed E-state index contributed by atoms with van der Waals surface area (Å²) in [5.74, 6) is 0.213. The molecule has 0 aliphatic heterocycles. The molecule has 0 atom stereocenters. The van der Waals surface area contributed by atoms with Crippen molar-refractivity contribution in [1.82, 2.24) is 4.37 Å². The van der Waals surface area contributed by atoms with Gasteiger partial charge in [-0.15, -0.1) is 0 Å². The summed E-state index contributed by atoms with van der Waals surface area (Å²) in [5.41, 5.74) is 3.10. The fourth-order valence-corrected chi connectivity index (χ4v) is 3.00. The van der Waals surface area contributed by atoms with Gasteiger partial charge in [-0.05, 0) is 30.3 Å². The van der Waals surface area contributed by atoms with Crippen LogP contribution in [0.2, 0.25) is 0 Å². The zero-order valence-electron chi connectivity index (χ0n) is 10.1. The zero-order valence-corrected chi connectivity index (χ0v) is 10.9. The Bertz CT molecular complexity index is 573. The van der Waals surface area contributed by atoms with Gasteiger partial charge in [-0.25, -0.2) is 4.79 Å². The molecule has 2 aromatic rings. The maximum absolute atomic E-state index is 11.8. The van der Waals surface area contributed by atoms with Crippen molar-refractivity contribution in [3.8, 4) is 11.3 Å². The first-order valence-electron chi connectivity index (χ1n) is 5.94. The number of aromatic nitrogens is 1. The van der Waals surface area contributed by atoms with E-state index in [1.54, 1.807) is 0 Å². The number of rotatable bonds is 3.